The molecule has 0 bridgehead atoms. The molecule has 1 amide bonds. The number of rotatable bonds is 2. The first kappa shape index (κ1) is 16.5. The van der Waals surface area contributed by atoms with Crippen LogP contribution in [0.25, 0.3) is 5.69 Å². The number of likely N-dealkylation sites (tertiary alicyclic amines) is 1. The van der Waals surface area contributed by atoms with Gasteiger partial charge in [0.25, 0.3) is 5.91 Å². The first-order valence-electron chi connectivity index (χ1n) is 7.71. The van der Waals surface area contributed by atoms with Crippen LogP contribution in [0.2, 0.25) is 0 Å². The van der Waals surface area contributed by atoms with Crippen molar-refractivity contribution in [2.75, 3.05) is 13.1 Å². The monoisotopic (exact) mass is 338 g/mol. The number of piperidine rings is 1. The largest absolute Gasteiger partial charge is 0.393 e. The zero-order valence-corrected chi connectivity index (χ0v) is 13.1. The van der Waals surface area contributed by atoms with Crippen molar-refractivity contribution in [1.29, 1.82) is 0 Å². The number of hydrogen-bond acceptors (Lipinski definition) is 3. The summed E-state index contributed by atoms with van der Waals surface area (Å²) in [6.07, 6.45) is -3.89. The van der Waals surface area contributed by atoms with Crippen molar-refractivity contribution >= 4 is 5.91 Å². The highest BCUT2D eigenvalue weighted by molar-refractivity contribution is 5.93. The van der Waals surface area contributed by atoms with Gasteiger partial charge in [-0.1, -0.05) is 18.2 Å². The second kappa shape index (κ2) is 6.26. The summed E-state index contributed by atoms with van der Waals surface area (Å²) in [4.78, 5) is 15.1. The Hall–Kier alpha value is -2.38. The van der Waals surface area contributed by atoms with Gasteiger partial charge in [0.15, 0.2) is 5.69 Å². The molecule has 0 aliphatic carbocycles. The molecule has 8 heteroatoms. The average Bonchev–Trinajstić information content (AvgIpc) is 2.96. The molecule has 3 rings (SSSR count). The third kappa shape index (κ3) is 3.27. The van der Waals surface area contributed by atoms with Gasteiger partial charge < -0.3 is 4.90 Å². The van der Waals surface area contributed by atoms with Gasteiger partial charge in [0.1, 0.15) is 0 Å². The second-order valence-corrected chi connectivity index (χ2v) is 5.89. The number of halogens is 3. The van der Waals surface area contributed by atoms with Gasteiger partial charge in [-0.3, -0.25) is 4.79 Å². The van der Waals surface area contributed by atoms with Crippen LogP contribution in [-0.2, 0) is 0 Å². The van der Waals surface area contributed by atoms with Crippen molar-refractivity contribution in [3.63, 3.8) is 0 Å². The molecule has 1 aromatic heterocycles. The molecule has 24 heavy (non-hydrogen) atoms. The van der Waals surface area contributed by atoms with Crippen molar-refractivity contribution in [1.82, 2.24) is 19.9 Å². The summed E-state index contributed by atoms with van der Waals surface area (Å²) in [5.41, 5.74) is 1.19. The molecule has 5 nitrogen and oxygen atoms in total. The Morgan fingerprint density at radius 1 is 1.21 bits per heavy atom. The number of aromatic nitrogens is 3. The zero-order valence-electron chi connectivity index (χ0n) is 13.1. The molecule has 1 atom stereocenters. The fraction of sp³-hybridized carbons (Fsp3) is 0.438. The van der Waals surface area contributed by atoms with Crippen molar-refractivity contribution in [3.05, 3.63) is 41.7 Å². The maximum absolute atomic E-state index is 12.9. The third-order valence-corrected chi connectivity index (χ3v) is 4.14. The van der Waals surface area contributed by atoms with E-state index in [1.807, 2.05) is 18.2 Å². The first-order valence-corrected chi connectivity index (χ1v) is 7.71. The lowest BCUT2D eigenvalue weighted by Gasteiger charge is -2.33. The Labute approximate surface area is 137 Å². The number of carbonyl (C=O) groups excluding carboxylic acids is 1. The number of benzene rings is 1. The Morgan fingerprint density at radius 2 is 1.92 bits per heavy atom. The zero-order chi connectivity index (χ0) is 17.3. The SMILES string of the molecule is Cc1nn(-c2ccccc2)nc1C(=O)N1CCC[C@@H](C(F)(F)F)C1. The van der Waals surface area contributed by atoms with E-state index in [9.17, 15) is 18.0 Å². The van der Waals surface area contributed by atoms with Gasteiger partial charge in [0.05, 0.1) is 17.3 Å². The predicted octanol–water partition coefficient (Wildman–Crippen LogP) is 2.99. The van der Waals surface area contributed by atoms with Crippen LogP contribution >= 0.6 is 0 Å². The molecule has 1 fully saturated rings. The van der Waals surface area contributed by atoms with Crippen LogP contribution in [0.1, 0.15) is 29.0 Å². The van der Waals surface area contributed by atoms with E-state index in [-0.39, 0.29) is 18.7 Å². The van der Waals surface area contributed by atoms with E-state index >= 15 is 0 Å². The minimum Gasteiger partial charge on any atom is -0.337 e. The molecular formula is C16H17F3N4O. The summed E-state index contributed by atoms with van der Waals surface area (Å²) in [5, 5.41) is 8.38. The van der Waals surface area contributed by atoms with Crippen molar-refractivity contribution < 1.29 is 18.0 Å². The summed E-state index contributed by atoms with van der Waals surface area (Å²) in [5.74, 6) is -1.97. The lowest BCUT2D eigenvalue weighted by molar-refractivity contribution is -0.184. The molecule has 1 aliphatic heterocycles. The van der Waals surface area contributed by atoms with Gasteiger partial charge in [-0.05, 0) is 31.9 Å². The molecule has 0 N–H and O–H groups in total. The van der Waals surface area contributed by atoms with E-state index in [4.69, 9.17) is 0 Å². The van der Waals surface area contributed by atoms with Gasteiger partial charge >= 0.3 is 6.18 Å². The maximum Gasteiger partial charge on any atom is 0.393 e. The molecule has 1 aliphatic rings. The molecule has 128 valence electrons. The molecule has 0 radical (unpaired) electrons. The fourth-order valence-electron chi connectivity index (χ4n) is 2.83. The summed E-state index contributed by atoms with van der Waals surface area (Å²) < 4.78 is 38.7. The molecule has 0 saturated carbocycles. The number of para-hydroxylation sites is 1. The number of alkyl halides is 3. The van der Waals surface area contributed by atoms with E-state index in [0.717, 1.165) is 0 Å². The maximum atomic E-state index is 12.9. The Balaban J connectivity index is 1.82. The summed E-state index contributed by atoms with van der Waals surface area (Å²) >= 11 is 0. The number of aryl methyl sites for hydroxylation is 1. The Kier molecular flexibility index (Phi) is 4.29. The van der Waals surface area contributed by atoms with Gasteiger partial charge in [-0.25, -0.2) is 0 Å². The standard InChI is InChI=1S/C16H17F3N4O/c1-11-14(21-23(20-11)13-7-3-2-4-8-13)15(24)22-9-5-6-12(10-22)16(17,18)19/h2-4,7-8,12H,5-6,9-10H2,1H3/t12-/m1/s1. The lowest BCUT2D eigenvalue weighted by Crippen LogP contribution is -2.44. The summed E-state index contributed by atoms with van der Waals surface area (Å²) in [7, 11) is 0. The van der Waals surface area contributed by atoms with Gasteiger partial charge in [0, 0.05) is 13.1 Å². The molecule has 1 aromatic carbocycles. The molecule has 0 spiro atoms. The lowest BCUT2D eigenvalue weighted by atomic mass is 9.97. The van der Waals surface area contributed by atoms with E-state index in [0.29, 0.717) is 24.3 Å². The van der Waals surface area contributed by atoms with Crippen LogP contribution in [0.5, 0.6) is 0 Å². The van der Waals surface area contributed by atoms with Crippen molar-refractivity contribution in [2.24, 2.45) is 5.92 Å². The van der Waals surface area contributed by atoms with E-state index in [2.05, 4.69) is 10.2 Å². The summed E-state index contributed by atoms with van der Waals surface area (Å²) in [6.45, 7) is 1.62. The fourth-order valence-corrected chi connectivity index (χ4v) is 2.83. The minimum absolute atomic E-state index is 0.0585. The van der Waals surface area contributed by atoms with Crippen LogP contribution in [-0.4, -0.2) is 45.1 Å². The van der Waals surface area contributed by atoms with E-state index in [1.54, 1.807) is 19.1 Å². The number of nitrogens with zero attached hydrogens (tertiary/aromatic N) is 4. The highest BCUT2D eigenvalue weighted by atomic mass is 19.4. The van der Waals surface area contributed by atoms with Crippen LogP contribution in [0, 0.1) is 12.8 Å². The molecule has 2 heterocycles. The van der Waals surface area contributed by atoms with Gasteiger partial charge in [0.2, 0.25) is 0 Å². The highest BCUT2D eigenvalue weighted by Gasteiger charge is 2.43. The average molecular weight is 338 g/mol. The topological polar surface area (TPSA) is 51.0 Å². The van der Waals surface area contributed by atoms with Gasteiger partial charge in [-0.2, -0.15) is 23.1 Å². The number of hydrogen-bond donors (Lipinski definition) is 0. The Bertz CT molecular complexity index is 727. The third-order valence-electron chi connectivity index (χ3n) is 4.14. The molecule has 0 unspecified atom stereocenters. The minimum atomic E-state index is -4.28. The molecule has 2 aromatic rings. The van der Waals surface area contributed by atoms with Gasteiger partial charge in [-0.15, -0.1) is 5.10 Å². The molecular weight excluding hydrogens is 321 g/mol. The highest BCUT2D eigenvalue weighted by Crippen LogP contribution is 2.33. The number of amides is 1. The van der Waals surface area contributed by atoms with Crippen LogP contribution in [0.4, 0.5) is 13.2 Å². The first-order chi connectivity index (χ1) is 11.4. The van der Waals surface area contributed by atoms with Crippen LogP contribution in [0.15, 0.2) is 30.3 Å². The molecule has 1 saturated heterocycles. The normalized spacial score (nSPS) is 18.7. The van der Waals surface area contributed by atoms with Crippen LogP contribution in [0.3, 0.4) is 0 Å². The smallest absolute Gasteiger partial charge is 0.337 e. The quantitative estimate of drug-likeness (QED) is 0.846. The Morgan fingerprint density at radius 3 is 2.58 bits per heavy atom. The van der Waals surface area contributed by atoms with E-state index < -0.39 is 18.0 Å². The van der Waals surface area contributed by atoms with Crippen LogP contribution < -0.4 is 0 Å². The van der Waals surface area contributed by atoms with Crippen molar-refractivity contribution in [2.45, 2.75) is 25.9 Å². The number of carbonyl (C=O) groups is 1. The second-order valence-electron chi connectivity index (χ2n) is 5.89. The summed E-state index contributed by atoms with van der Waals surface area (Å²) in [6, 6.07) is 9.04. The van der Waals surface area contributed by atoms with E-state index in [1.165, 1.54) is 9.70 Å². The van der Waals surface area contributed by atoms with Crippen molar-refractivity contribution in [3.8, 4) is 5.69 Å². The predicted molar refractivity (Wildman–Crippen MR) is 80.8 cm³/mol.